The molecular weight excluding hydrogens is 230 g/mol. The molecule has 0 radical (unpaired) electrons. The molecule has 0 atom stereocenters. The predicted molar refractivity (Wildman–Crippen MR) is 70.9 cm³/mol. The summed E-state index contributed by atoms with van der Waals surface area (Å²) in [7, 11) is 5.08. The number of anilines is 1. The average molecular weight is 247 g/mol. The van der Waals surface area contributed by atoms with Crippen molar-refractivity contribution < 1.29 is 9.47 Å². The van der Waals surface area contributed by atoms with Crippen LogP contribution >= 0.6 is 0 Å². The molecule has 0 amide bonds. The molecule has 0 aliphatic rings. The number of benzene rings is 1. The Kier molecular flexibility index (Phi) is 3.14. The first-order valence-corrected chi connectivity index (χ1v) is 5.59. The molecule has 0 aliphatic carbocycles. The summed E-state index contributed by atoms with van der Waals surface area (Å²) in [5, 5.41) is 4.15. The number of aryl methyl sites for hydroxylation is 2. The molecule has 1 aromatic heterocycles. The van der Waals surface area contributed by atoms with Crippen LogP contribution in [0.5, 0.6) is 11.5 Å². The van der Waals surface area contributed by atoms with Crippen molar-refractivity contribution in [1.82, 2.24) is 9.78 Å². The van der Waals surface area contributed by atoms with Gasteiger partial charge in [-0.2, -0.15) is 5.10 Å². The van der Waals surface area contributed by atoms with Gasteiger partial charge >= 0.3 is 0 Å². The van der Waals surface area contributed by atoms with Crippen molar-refractivity contribution in [3.63, 3.8) is 0 Å². The summed E-state index contributed by atoms with van der Waals surface area (Å²) in [5.41, 5.74) is 8.73. The molecule has 5 heteroatoms. The van der Waals surface area contributed by atoms with Crippen LogP contribution in [0.4, 0.5) is 5.82 Å². The Morgan fingerprint density at radius 3 is 2.39 bits per heavy atom. The fraction of sp³-hybridized carbons (Fsp3) is 0.308. The average Bonchev–Trinajstić information content (AvgIpc) is 2.69. The Bertz CT molecular complexity index is 576. The highest BCUT2D eigenvalue weighted by Gasteiger charge is 2.16. The fourth-order valence-electron chi connectivity index (χ4n) is 1.98. The lowest BCUT2D eigenvalue weighted by Crippen LogP contribution is -1.99. The van der Waals surface area contributed by atoms with Crippen molar-refractivity contribution in [1.29, 1.82) is 0 Å². The molecule has 0 saturated heterocycles. The Morgan fingerprint density at radius 2 is 1.89 bits per heavy atom. The second-order valence-corrected chi connectivity index (χ2v) is 4.09. The zero-order valence-electron chi connectivity index (χ0n) is 11.0. The van der Waals surface area contributed by atoms with E-state index in [2.05, 4.69) is 5.10 Å². The molecule has 2 aromatic rings. The van der Waals surface area contributed by atoms with Gasteiger partial charge in [0.15, 0.2) is 0 Å². The topological polar surface area (TPSA) is 62.3 Å². The van der Waals surface area contributed by atoms with E-state index in [-0.39, 0.29) is 0 Å². The maximum absolute atomic E-state index is 6.00. The highest BCUT2D eigenvalue weighted by atomic mass is 16.5. The second-order valence-electron chi connectivity index (χ2n) is 4.09. The van der Waals surface area contributed by atoms with E-state index < -0.39 is 0 Å². The Balaban J connectivity index is 2.68. The number of ether oxygens (including phenoxy) is 2. The summed E-state index contributed by atoms with van der Waals surface area (Å²) in [6.07, 6.45) is 1.73. The molecule has 2 N–H and O–H groups in total. The first kappa shape index (κ1) is 12.3. The standard InChI is InChI=1S/C13H17N3O2/c1-8-5-9(17-3)6-10(12(8)18-4)11-7-15-16(2)13(11)14/h5-7H,14H2,1-4H3. The van der Waals surface area contributed by atoms with E-state index in [4.69, 9.17) is 15.2 Å². The summed E-state index contributed by atoms with van der Waals surface area (Å²) in [5.74, 6) is 2.16. The minimum absolute atomic E-state index is 0.598. The van der Waals surface area contributed by atoms with Crippen molar-refractivity contribution in [2.24, 2.45) is 7.05 Å². The van der Waals surface area contributed by atoms with Crippen molar-refractivity contribution in [3.05, 3.63) is 23.9 Å². The van der Waals surface area contributed by atoms with E-state index in [1.54, 1.807) is 32.1 Å². The number of hydrogen-bond acceptors (Lipinski definition) is 4. The van der Waals surface area contributed by atoms with Gasteiger partial charge in [-0.05, 0) is 24.6 Å². The van der Waals surface area contributed by atoms with Crippen molar-refractivity contribution in [3.8, 4) is 22.6 Å². The summed E-state index contributed by atoms with van der Waals surface area (Å²) < 4.78 is 12.4. The molecule has 18 heavy (non-hydrogen) atoms. The fourth-order valence-corrected chi connectivity index (χ4v) is 1.98. The first-order chi connectivity index (χ1) is 8.58. The molecule has 0 saturated carbocycles. The monoisotopic (exact) mass is 247 g/mol. The van der Waals surface area contributed by atoms with E-state index in [9.17, 15) is 0 Å². The van der Waals surface area contributed by atoms with E-state index in [0.717, 1.165) is 28.2 Å². The zero-order chi connectivity index (χ0) is 13.3. The van der Waals surface area contributed by atoms with Crippen molar-refractivity contribution in [2.75, 3.05) is 20.0 Å². The smallest absolute Gasteiger partial charge is 0.130 e. The van der Waals surface area contributed by atoms with Crippen LogP contribution in [0.2, 0.25) is 0 Å². The van der Waals surface area contributed by atoms with Crippen LogP contribution in [0.3, 0.4) is 0 Å². The molecule has 0 bridgehead atoms. The summed E-state index contributed by atoms with van der Waals surface area (Å²) >= 11 is 0. The molecular formula is C13H17N3O2. The van der Waals surface area contributed by atoms with E-state index in [1.165, 1.54) is 0 Å². The number of methoxy groups -OCH3 is 2. The van der Waals surface area contributed by atoms with Gasteiger partial charge in [0, 0.05) is 18.2 Å². The summed E-state index contributed by atoms with van der Waals surface area (Å²) in [4.78, 5) is 0. The third-order valence-electron chi connectivity index (χ3n) is 2.96. The third-order valence-corrected chi connectivity index (χ3v) is 2.96. The number of hydrogen-bond donors (Lipinski definition) is 1. The number of nitrogen functional groups attached to an aromatic ring is 1. The third kappa shape index (κ3) is 1.88. The number of aromatic nitrogens is 2. The van der Waals surface area contributed by atoms with Gasteiger partial charge in [0.1, 0.15) is 17.3 Å². The van der Waals surface area contributed by atoms with Crippen LogP contribution in [-0.2, 0) is 7.05 Å². The Hall–Kier alpha value is -2.17. The molecule has 1 heterocycles. The molecule has 1 aromatic carbocycles. The van der Waals surface area contributed by atoms with Crippen molar-refractivity contribution in [2.45, 2.75) is 6.92 Å². The van der Waals surface area contributed by atoms with Crippen LogP contribution in [0.25, 0.3) is 11.1 Å². The summed E-state index contributed by atoms with van der Waals surface area (Å²) in [6, 6.07) is 3.83. The maximum Gasteiger partial charge on any atom is 0.130 e. The lowest BCUT2D eigenvalue weighted by atomic mass is 10.0. The Morgan fingerprint density at radius 1 is 1.17 bits per heavy atom. The predicted octanol–water partition coefficient (Wildman–Crippen LogP) is 1.99. The molecule has 2 rings (SSSR count). The minimum atomic E-state index is 0.598. The molecule has 0 spiro atoms. The van der Waals surface area contributed by atoms with Crippen molar-refractivity contribution >= 4 is 5.82 Å². The van der Waals surface area contributed by atoms with Gasteiger partial charge in [-0.15, -0.1) is 0 Å². The van der Waals surface area contributed by atoms with Crippen LogP contribution in [0.1, 0.15) is 5.56 Å². The quantitative estimate of drug-likeness (QED) is 0.901. The minimum Gasteiger partial charge on any atom is -0.497 e. The van der Waals surface area contributed by atoms with Crippen LogP contribution < -0.4 is 15.2 Å². The highest BCUT2D eigenvalue weighted by molar-refractivity contribution is 5.80. The second kappa shape index (κ2) is 4.60. The van der Waals surface area contributed by atoms with E-state index in [0.29, 0.717) is 5.82 Å². The molecule has 5 nitrogen and oxygen atoms in total. The van der Waals surface area contributed by atoms with Crippen LogP contribution in [0.15, 0.2) is 18.3 Å². The molecule has 0 unspecified atom stereocenters. The SMILES string of the molecule is COc1cc(C)c(OC)c(-c2cnn(C)c2N)c1. The largest absolute Gasteiger partial charge is 0.497 e. The molecule has 0 fully saturated rings. The normalized spacial score (nSPS) is 10.4. The van der Waals surface area contributed by atoms with Gasteiger partial charge in [-0.3, -0.25) is 4.68 Å². The van der Waals surface area contributed by atoms with Gasteiger partial charge in [-0.1, -0.05) is 0 Å². The first-order valence-electron chi connectivity index (χ1n) is 5.59. The number of nitrogens with zero attached hydrogens (tertiary/aromatic N) is 2. The van der Waals surface area contributed by atoms with Gasteiger partial charge < -0.3 is 15.2 Å². The summed E-state index contributed by atoms with van der Waals surface area (Å²) in [6.45, 7) is 1.97. The van der Waals surface area contributed by atoms with E-state index in [1.807, 2.05) is 19.1 Å². The van der Waals surface area contributed by atoms with Crippen LogP contribution in [-0.4, -0.2) is 24.0 Å². The number of rotatable bonds is 3. The van der Waals surface area contributed by atoms with Gasteiger partial charge in [0.25, 0.3) is 0 Å². The Labute approximate surface area is 106 Å². The van der Waals surface area contributed by atoms with E-state index >= 15 is 0 Å². The highest BCUT2D eigenvalue weighted by Crippen LogP contribution is 2.38. The van der Waals surface area contributed by atoms with Gasteiger partial charge in [-0.25, -0.2) is 0 Å². The maximum atomic E-state index is 6.00. The zero-order valence-corrected chi connectivity index (χ0v) is 11.0. The van der Waals surface area contributed by atoms with Gasteiger partial charge in [0.2, 0.25) is 0 Å². The lowest BCUT2D eigenvalue weighted by Gasteiger charge is -2.13. The van der Waals surface area contributed by atoms with Gasteiger partial charge in [0.05, 0.1) is 20.4 Å². The molecule has 0 aliphatic heterocycles. The molecule has 96 valence electrons. The van der Waals surface area contributed by atoms with Crippen LogP contribution in [0, 0.1) is 6.92 Å². The number of nitrogens with two attached hydrogens (primary N) is 1. The lowest BCUT2D eigenvalue weighted by molar-refractivity contribution is 0.402.